The van der Waals surface area contributed by atoms with Gasteiger partial charge in [-0.15, -0.1) is 6.42 Å². The van der Waals surface area contributed by atoms with Crippen LogP contribution in [-0.4, -0.2) is 24.9 Å². The Balaban J connectivity index is 1.84. The molecule has 0 spiro atoms. The molecule has 0 bridgehead atoms. The summed E-state index contributed by atoms with van der Waals surface area (Å²) in [4.78, 5) is 0. The van der Waals surface area contributed by atoms with E-state index in [1.165, 1.54) is 12.1 Å². The molecule has 1 aliphatic heterocycles. The number of unbranched alkanes of at least 4 members (excludes halogenated alkanes) is 1. The zero-order chi connectivity index (χ0) is 21.6. The summed E-state index contributed by atoms with van der Waals surface area (Å²) in [6.45, 7) is 7.55. The summed E-state index contributed by atoms with van der Waals surface area (Å²) in [6.07, 6.45) is 6.84. The van der Waals surface area contributed by atoms with Crippen molar-refractivity contribution in [2.75, 3.05) is 18.5 Å². The average Bonchev–Trinajstić information content (AvgIpc) is 2.72. The van der Waals surface area contributed by atoms with Crippen molar-refractivity contribution in [2.24, 2.45) is 0 Å². The van der Waals surface area contributed by atoms with Gasteiger partial charge >= 0.3 is 0 Å². The minimum absolute atomic E-state index is 0.197. The molecule has 0 aliphatic carbocycles. The van der Waals surface area contributed by atoms with Crippen LogP contribution >= 0.6 is 0 Å². The molecule has 3 rings (SSSR count). The van der Waals surface area contributed by atoms with Crippen molar-refractivity contribution >= 4 is 5.69 Å². The number of fused-ring (bicyclic) bond motifs is 1. The first-order valence-corrected chi connectivity index (χ1v) is 10.4. The van der Waals surface area contributed by atoms with E-state index < -0.39 is 5.60 Å². The fourth-order valence-electron chi connectivity index (χ4n) is 3.61. The molecule has 4 nitrogen and oxygen atoms in total. The molecule has 0 amide bonds. The predicted octanol–water partition coefficient (Wildman–Crippen LogP) is 5.49. The van der Waals surface area contributed by atoms with Gasteiger partial charge in [0.15, 0.2) is 0 Å². The second kappa shape index (κ2) is 9.97. The SMILES string of the molecule is C#CCOC1C(OCCCC)c2cc(NCc3ccc(F)cc3)ccc2OC1(C)C. The Kier molecular flexibility index (Phi) is 7.36. The fourth-order valence-corrected chi connectivity index (χ4v) is 3.61. The Morgan fingerprint density at radius 2 is 1.93 bits per heavy atom. The van der Waals surface area contributed by atoms with Crippen molar-refractivity contribution in [1.82, 2.24) is 0 Å². The smallest absolute Gasteiger partial charge is 0.132 e. The normalized spacial score (nSPS) is 19.4. The molecule has 1 heterocycles. The zero-order valence-corrected chi connectivity index (χ0v) is 17.9. The molecule has 0 fully saturated rings. The molecule has 2 atom stereocenters. The van der Waals surface area contributed by atoms with Crippen molar-refractivity contribution < 1.29 is 18.6 Å². The number of hydrogen-bond donors (Lipinski definition) is 1. The van der Waals surface area contributed by atoms with Crippen LogP contribution in [0.2, 0.25) is 0 Å². The van der Waals surface area contributed by atoms with Crippen LogP contribution in [0.1, 0.15) is 50.8 Å². The van der Waals surface area contributed by atoms with E-state index in [1.807, 2.05) is 32.0 Å². The Morgan fingerprint density at radius 1 is 1.17 bits per heavy atom. The standard InChI is InChI=1S/C25H30FNO3/c1-5-7-15-28-23-21-16-20(27-17-18-8-10-19(26)11-9-18)12-13-22(21)30-25(3,4)24(23)29-14-6-2/h2,8-13,16,23-24,27H,5,7,14-15,17H2,1,3-4H3. The highest BCUT2D eigenvalue weighted by Crippen LogP contribution is 2.44. The Labute approximate surface area is 178 Å². The van der Waals surface area contributed by atoms with E-state index in [2.05, 4.69) is 18.2 Å². The van der Waals surface area contributed by atoms with E-state index in [4.69, 9.17) is 20.6 Å². The molecule has 1 aliphatic rings. The van der Waals surface area contributed by atoms with Crippen LogP contribution in [0, 0.1) is 18.2 Å². The van der Waals surface area contributed by atoms with E-state index in [1.54, 1.807) is 12.1 Å². The largest absolute Gasteiger partial charge is 0.485 e. The number of benzene rings is 2. The number of rotatable bonds is 9. The third-order valence-corrected chi connectivity index (χ3v) is 5.20. The maximum absolute atomic E-state index is 13.1. The van der Waals surface area contributed by atoms with Crippen molar-refractivity contribution in [2.45, 2.75) is 58.0 Å². The molecule has 0 radical (unpaired) electrons. The highest BCUT2D eigenvalue weighted by Gasteiger charge is 2.45. The summed E-state index contributed by atoms with van der Waals surface area (Å²) in [6, 6.07) is 12.4. The Bertz CT molecular complexity index is 873. The van der Waals surface area contributed by atoms with E-state index >= 15 is 0 Å². The minimum Gasteiger partial charge on any atom is -0.485 e. The van der Waals surface area contributed by atoms with Gasteiger partial charge in [0.25, 0.3) is 0 Å². The molecular weight excluding hydrogens is 381 g/mol. The van der Waals surface area contributed by atoms with Crippen LogP contribution in [-0.2, 0) is 16.0 Å². The first-order valence-electron chi connectivity index (χ1n) is 10.4. The van der Waals surface area contributed by atoms with Crippen LogP contribution in [0.4, 0.5) is 10.1 Å². The van der Waals surface area contributed by atoms with Gasteiger partial charge in [0.05, 0.1) is 0 Å². The first-order chi connectivity index (χ1) is 14.4. The lowest BCUT2D eigenvalue weighted by molar-refractivity contribution is -0.156. The summed E-state index contributed by atoms with van der Waals surface area (Å²) >= 11 is 0. The summed E-state index contributed by atoms with van der Waals surface area (Å²) in [7, 11) is 0. The summed E-state index contributed by atoms with van der Waals surface area (Å²) in [5.41, 5.74) is 2.29. The van der Waals surface area contributed by atoms with E-state index in [-0.39, 0.29) is 24.6 Å². The molecule has 2 unspecified atom stereocenters. The van der Waals surface area contributed by atoms with Gasteiger partial charge in [0.2, 0.25) is 0 Å². The fraction of sp³-hybridized carbons (Fsp3) is 0.440. The molecule has 0 saturated heterocycles. The summed E-state index contributed by atoms with van der Waals surface area (Å²) in [5.74, 6) is 3.09. The number of halogens is 1. The van der Waals surface area contributed by atoms with E-state index in [0.29, 0.717) is 13.2 Å². The number of anilines is 1. The van der Waals surface area contributed by atoms with Crippen LogP contribution in [0.5, 0.6) is 5.75 Å². The molecule has 2 aromatic carbocycles. The number of hydrogen-bond acceptors (Lipinski definition) is 4. The quantitative estimate of drug-likeness (QED) is 0.438. The molecular formula is C25H30FNO3. The minimum atomic E-state index is -0.580. The lowest BCUT2D eigenvalue weighted by Gasteiger charge is -2.44. The zero-order valence-electron chi connectivity index (χ0n) is 17.9. The maximum Gasteiger partial charge on any atom is 0.132 e. The van der Waals surface area contributed by atoms with Crippen molar-refractivity contribution in [3.05, 3.63) is 59.4 Å². The lowest BCUT2D eigenvalue weighted by atomic mass is 9.87. The molecule has 1 N–H and O–H groups in total. The van der Waals surface area contributed by atoms with Crippen molar-refractivity contribution in [3.8, 4) is 18.1 Å². The molecule has 5 heteroatoms. The monoisotopic (exact) mass is 411 g/mol. The van der Waals surface area contributed by atoms with E-state index in [0.717, 1.165) is 35.4 Å². The van der Waals surface area contributed by atoms with Gasteiger partial charge in [-0.25, -0.2) is 4.39 Å². The van der Waals surface area contributed by atoms with Gasteiger partial charge < -0.3 is 19.5 Å². The van der Waals surface area contributed by atoms with Gasteiger partial charge in [-0.1, -0.05) is 31.4 Å². The highest BCUT2D eigenvalue weighted by atomic mass is 19.1. The first kappa shape index (κ1) is 22.1. The van der Waals surface area contributed by atoms with Crippen molar-refractivity contribution in [1.29, 1.82) is 0 Å². The summed E-state index contributed by atoms with van der Waals surface area (Å²) < 4.78 is 31.6. The molecule has 2 aromatic rings. The summed E-state index contributed by atoms with van der Waals surface area (Å²) in [5, 5.41) is 3.39. The van der Waals surface area contributed by atoms with Crippen molar-refractivity contribution in [3.63, 3.8) is 0 Å². The number of terminal acetylenes is 1. The third-order valence-electron chi connectivity index (χ3n) is 5.20. The maximum atomic E-state index is 13.1. The molecule has 0 saturated carbocycles. The van der Waals surface area contributed by atoms with Gasteiger partial charge in [0, 0.05) is 24.4 Å². The molecule has 160 valence electrons. The lowest BCUT2D eigenvalue weighted by Crippen LogP contribution is -2.51. The average molecular weight is 412 g/mol. The predicted molar refractivity (Wildman–Crippen MR) is 117 cm³/mol. The van der Waals surface area contributed by atoms with Gasteiger partial charge in [-0.2, -0.15) is 0 Å². The van der Waals surface area contributed by atoms with Crippen LogP contribution in [0.15, 0.2) is 42.5 Å². The van der Waals surface area contributed by atoms with Gasteiger partial charge in [0.1, 0.15) is 36.0 Å². The van der Waals surface area contributed by atoms with Crippen LogP contribution in [0.25, 0.3) is 0 Å². The number of nitrogens with one attached hydrogen (secondary N) is 1. The van der Waals surface area contributed by atoms with Crippen LogP contribution in [0.3, 0.4) is 0 Å². The highest BCUT2D eigenvalue weighted by molar-refractivity contribution is 5.53. The third kappa shape index (κ3) is 5.33. The second-order valence-electron chi connectivity index (χ2n) is 8.02. The molecule has 0 aromatic heterocycles. The topological polar surface area (TPSA) is 39.7 Å². The van der Waals surface area contributed by atoms with Gasteiger partial charge in [-0.3, -0.25) is 0 Å². The van der Waals surface area contributed by atoms with E-state index in [9.17, 15) is 4.39 Å². The Hall–Kier alpha value is -2.55. The second-order valence-corrected chi connectivity index (χ2v) is 8.02. The molecule has 30 heavy (non-hydrogen) atoms. The number of ether oxygens (including phenoxy) is 3. The van der Waals surface area contributed by atoms with Crippen LogP contribution < -0.4 is 10.1 Å². The Morgan fingerprint density at radius 3 is 2.63 bits per heavy atom. The van der Waals surface area contributed by atoms with Gasteiger partial charge in [-0.05, 0) is 56.2 Å².